The van der Waals surface area contributed by atoms with Crippen LogP contribution < -0.4 is 5.32 Å². The van der Waals surface area contributed by atoms with E-state index < -0.39 is 16.6 Å². The highest BCUT2D eigenvalue weighted by Gasteiger charge is 2.19. The predicted molar refractivity (Wildman–Crippen MR) is 75.7 cm³/mol. The Morgan fingerprint density at radius 2 is 1.95 bits per heavy atom. The van der Waals surface area contributed by atoms with Crippen LogP contribution in [0.3, 0.4) is 0 Å². The molecule has 0 aliphatic heterocycles. The molecule has 0 radical (unpaired) electrons. The first-order valence-corrected chi connectivity index (χ1v) is 6.33. The number of nitrogens with zero attached hydrogens (tertiary/aromatic N) is 1. The molecule has 0 aromatic heterocycles. The standard InChI is InChI=1S/C14H10ClFN2O3/c15-11-5-3-6-12(16)10(11)8-17-14(19)9-4-1-2-7-13(9)18(20)21/h1-7H,8H2,(H,17,19). The Balaban J connectivity index is 2.18. The lowest BCUT2D eigenvalue weighted by Gasteiger charge is -2.08. The second-order valence-corrected chi connectivity index (χ2v) is 4.56. The summed E-state index contributed by atoms with van der Waals surface area (Å²) in [5, 5.41) is 13.5. The third kappa shape index (κ3) is 3.35. The molecule has 0 unspecified atom stereocenters. The van der Waals surface area contributed by atoms with Crippen molar-refractivity contribution in [3.63, 3.8) is 0 Å². The zero-order chi connectivity index (χ0) is 15.4. The number of para-hydroxylation sites is 1. The second-order valence-electron chi connectivity index (χ2n) is 4.16. The van der Waals surface area contributed by atoms with E-state index in [0.717, 1.165) is 0 Å². The maximum Gasteiger partial charge on any atom is 0.282 e. The lowest BCUT2D eigenvalue weighted by atomic mass is 10.1. The second kappa shape index (κ2) is 6.32. The van der Waals surface area contributed by atoms with Gasteiger partial charge in [0.15, 0.2) is 0 Å². The largest absolute Gasteiger partial charge is 0.348 e. The Morgan fingerprint density at radius 3 is 2.62 bits per heavy atom. The summed E-state index contributed by atoms with van der Waals surface area (Å²) in [6, 6.07) is 9.70. The van der Waals surface area contributed by atoms with E-state index in [4.69, 9.17) is 11.6 Å². The van der Waals surface area contributed by atoms with Gasteiger partial charge < -0.3 is 5.32 Å². The van der Waals surface area contributed by atoms with E-state index in [1.807, 2.05) is 0 Å². The number of carbonyl (C=O) groups is 1. The summed E-state index contributed by atoms with van der Waals surface area (Å²) < 4.78 is 13.6. The van der Waals surface area contributed by atoms with Crippen molar-refractivity contribution in [1.29, 1.82) is 0 Å². The van der Waals surface area contributed by atoms with Gasteiger partial charge in [0.1, 0.15) is 11.4 Å². The summed E-state index contributed by atoms with van der Waals surface area (Å²) >= 11 is 5.84. The molecule has 2 rings (SSSR count). The Hall–Kier alpha value is -2.47. The van der Waals surface area contributed by atoms with Crippen molar-refractivity contribution >= 4 is 23.2 Å². The van der Waals surface area contributed by atoms with E-state index in [1.54, 1.807) is 0 Å². The molecule has 0 aliphatic carbocycles. The van der Waals surface area contributed by atoms with Gasteiger partial charge in [-0.25, -0.2) is 4.39 Å². The summed E-state index contributed by atoms with van der Waals surface area (Å²) in [6.07, 6.45) is 0. The van der Waals surface area contributed by atoms with Gasteiger partial charge in [-0.05, 0) is 18.2 Å². The molecule has 108 valence electrons. The fourth-order valence-corrected chi connectivity index (χ4v) is 2.02. The minimum absolute atomic E-state index is 0.0880. The van der Waals surface area contributed by atoms with Gasteiger partial charge >= 0.3 is 0 Å². The van der Waals surface area contributed by atoms with Crippen LogP contribution in [-0.4, -0.2) is 10.8 Å². The van der Waals surface area contributed by atoms with E-state index in [2.05, 4.69) is 5.32 Å². The Morgan fingerprint density at radius 1 is 1.24 bits per heavy atom. The van der Waals surface area contributed by atoms with Gasteiger partial charge in [-0.1, -0.05) is 29.8 Å². The minimum Gasteiger partial charge on any atom is -0.348 e. The highest BCUT2D eigenvalue weighted by molar-refractivity contribution is 6.31. The molecule has 0 heterocycles. The zero-order valence-electron chi connectivity index (χ0n) is 10.7. The first-order valence-electron chi connectivity index (χ1n) is 5.95. The number of amides is 1. The van der Waals surface area contributed by atoms with Crippen LogP contribution in [0, 0.1) is 15.9 Å². The summed E-state index contributed by atoms with van der Waals surface area (Å²) in [5.41, 5.74) is -0.268. The first-order chi connectivity index (χ1) is 10.0. The van der Waals surface area contributed by atoms with Crippen molar-refractivity contribution in [2.75, 3.05) is 0 Å². The van der Waals surface area contributed by atoms with Crippen molar-refractivity contribution in [2.24, 2.45) is 0 Å². The Labute approximate surface area is 124 Å². The molecule has 2 aromatic carbocycles. The molecular formula is C14H10ClFN2O3. The third-order valence-electron chi connectivity index (χ3n) is 2.83. The van der Waals surface area contributed by atoms with Crippen molar-refractivity contribution in [2.45, 2.75) is 6.54 Å². The monoisotopic (exact) mass is 308 g/mol. The highest BCUT2D eigenvalue weighted by atomic mass is 35.5. The van der Waals surface area contributed by atoms with Crippen LogP contribution in [-0.2, 0) is 6.54 Å². The zero-order valence-corrected chi connectivity index (χ0v) is 11.4. The molecule has 0 saturated carbocycles. The highest BCUT2D eigenvalue weighted by Crippen LogP contribution is 2.20. The van der Waals surface area contributed by atoms with Crippen LogP contribution in [0.25, 0.3) is 0 Å². The summed E-state index contributed by atoms with van der Waals surface area (Å²) in [4.78, 5) is 22.2. The van der Waals surface area contributed by atoms with Gasteiger partial charge in [-0.2, -0.15) is 0 Å². The van der Waals surface area contributed by atoms with Gasteiger partial charge in [0.05, 0.1) is 4.92 Å². The number of nitrogens with one attached hydrogen (secondary N) is 1. The maximum absolute atomic E-state index is 13.6. The number of nitro groups is 1. The van der Waals surface area contributed by atoms with Crippen LogP contribution in [0.4, 0.5) is 10.1 Å². The smallest absolute Gasteiger partial charge is 0.282 e. The molecule has 0 aliphatic rings. The van der Waals surface area contributed by atoms with E-state index in [0.29, 0.717) is 0 Å². The number of benzene rings is 2. The number of hydrogen-bond donors (Lipinski definition) is 1. The number of rotatable bonds is 4. The summed E-state index contributed by atoms with van der Waals surface area (Å²) in [6.45, 7) is -0.156. The normalized spacial score (nSPS) is 10.2. The minimum atomic E-state index is -0.665. The van der Waals surface area contributed by atoms with Crippen molar-refractivity contribution in [3.8, 4) is 0 Å². The predicted octanol–water partition coefficient (Wildman–Crippen LogP) is 3.32. The lowest BCUT2D eigenvalue weighted by molar-refractivity contribution is -0.385. The summed E-state index contributed by atoms with van der Waals surface area (Å²) in [5.74, 6) is -1.22. The lowest BCUT2D eigenvalue weighted by Crippen LogP contribution is -2.24. The van der Waals surface area contributed by atoms with Crippen molar-refractivity contribution in [1.82, 2.24) is 5.32 Å². The van der Waals surface area contributed by atoms with Crippen LogP contribution in [0.2, 0.25) is 5.02 Å². The first kappa shape index (κ1) is 14.9. The van der Waals surface area contributed by atoms with Crippen LogP contribution >= 0.6 is 11.6 Å². The average Bonchev–Trinajstić information content (AvgIpc) is 2.46. The topological polar surface area (TPSA) is 72.2 Å². The number of nitro benzene ring substituents is 1. The molecule has 0 bridgehead atoms. The average molecular weight is 309 g/mol. The van der Waals surface area contributed by atoms with E-state index in [-0.39, 0.29) is 28.4 Å². The molecular weight excluding hydrogens is 299 g/mol. The fourth-order valence-electron chi connectivity index (χ4n) is 1.79. The molecule has 0 saturated heterocycles. The van der Waals surface area contributed by atoms with Crippen LogP contribution in [0.1, 0.15) is 15.9 Å². The van der Waals surface area contributed by atoms with Crippen molar-refractivity contribution in [3.05, 3.63) is 74.5 Å². The quantitative estimate of drug-likeness (QED) is 0.695. The molecule has 1 N–H and O–H groups in total. The molecule has 1 amide bonds. The van der Waals surface area contributed by atoms with Crippen molar-refractivity contribution < 1.29 is 14.1 Å². The van der Waals surface area contributed by atoms with E-state index in [1.165, 1.54) is 42.5 Å². The van der Waals surface area contributed by atoms with Crippen LogP contribution in [0.5, 0.6) is 0 Å². The van der Waals surface area contributed by atoms with Gasteiger partial charge in [0, 0.05) is 23.2 Å². The third-order valence-corrected chi connectivity index (χ3v) is 3.19. The number of halogens is 2. The SMILES string of the molecule is O=C(NCc1c(F)cccc1Cl)c1ccccc1[N+](=O)[O-]. The number of hydrogen-bond acceptors (Lipinski definition) is 3. The Bertz CT molecular complexity index is 686. The van der Waals surface area contributed by atoms with E-state index in [9.17, 15) is 19.3 Å². The summed E-state index contributed by atoms with van der Waals surface area (Å²) in [7, 11) is 0. The van der Waals surface area contributed by atoms with Gasteiger partial charge in [0.2, 0.25) is 0 Å². The molecule has 0 atom stereocenters. The van der Waals surface area contributed by atoms with Gasteiger partial charge in [0.25, 0.3) is 11.6 Å². The molecule has 7 heteroatoms. The molecule has 5 nitrogen and oxygen atoms in total. The van der Waals surface area contributed by atoms with Crippen LogP contribution in [0.15, 0.2) is 42.5 Å². The molecule has 0 fully saturated rings. The van der Waals surface area contributed by atoms with Gasteiger partial charge in [-0.15, -0.1) is 0 Å². The van der Waals surface area contributed by atoms with Gasteiger partial charge in [-0.3, -0.25) is 14.9 Å². The molecule has 2 aromatic rings. The Kier molecular flexibility index (Phi) is 4.49. The van der Waals surface area contributed by atoms with E-state index >= 15 is 0 Å². The number of carbonyl (C=O) groups excluding carboxylic acids is 1. The molecule has 0 spiro atoms. The maximum atomic E-state index is 13.6. The fraction of sp³-hybridized carbons (Fsp3) is 0.0714. The molecule has 21 heavy (non-hydrogen) atoms.